The molecule has 1 heterocycles. The van der Waals surface area contributed by atoms with Gasteiger partial charge in [-0.25, -0.2) is 4.39 Å². The van der Waals surface area contributed by atoms with E-state index in [1.165, 1.54) is 11.6 Å². The highest BCUT2D eigenvalue weighted by Crippen LogP contribution is 2.20. The molecule has 0 fully saturated rings. The molecule has 1 aromatic heterocycles. The number of aromatic nitrogens is 1. The zero-order valence-electron chi connectivity index (χ0n) is 11.4. The van der Waals surface area contributed by atoms with Crippen molar-refractivity contribution in [2.75, 3.05) is 7.05 Å². The van der Waals surface area contributed by atoms with Crippen LogP contribution in [0.4, 0.5) is 4.39 Å². The Morgan fingerprint density at radius 2 is 2.11 bits per heavy atom. The molecule has 2 aromatic rings. The number of hydrogen-bond donors (Lipinski definition) is 1. The predicted molar refractivity (Wildman–Crippen MR) is 75.5 cm³/mol. The highest BCUT2D eigenvalue weighted by atomic mass is 19.1. The Hall–Kier alpha value is -1.74. The minimum Gasteiger partial charge on any atom is -0.311 e. The van der Waals surface area contributed by atoms with Gasteiger partial charge in [0.25, 0.3) is 0 Å². The van der Waals surface area contributed by atoms with Crippen molar-refractivity contribution < 1.29 is 4.39 Å². The van der Waals surface area contributed by atoms with Gasteiger partial charge in [0.1, 0.15) is 5.82 Å². The summed E-state index contributed by atoms with van der Waals surface area (Å²) >= 11 is 0. The van der Waals surface area contributed by atoms with Crippen molar-refractivity contribution in [1.82, 2.24) is 10.3 Å². The number of halogens is 1. The van der Waals surface area contributed by atoms with E-state index in [2.05, 4.69) is 23.3 Å². The molecule has 0 radical (unpaired) electrons. The fourth-order valence-corrected chi connectivity index (χ4v) is 2.30. The Balaban J connectivity index is 2.25. The molecular formula is C16H19FN2. The summed E-state index contributed by atoms with van der Waals surface area (Å²) in [7, 11) is 1.91. The van der Waals surface area contributed by atoms with Crippen molar-refractivity contribution >= 4 is 0 Å². The van der Waals surface area contributed by atoms with Crippen LogP contribution in [0.3, 0.4) is 0 Å². The van der Waals surface area contributed by atoms with Crippen LogP contribution in [0.25, 0.3) is 0 Å². The maximum Gasteiger partial charge on any atom is 0.123 e. The van der Waals surface area contributed by atoms with Crippen LogP contribution in [0.1, 0.15) is 29.8 Å². The number of hydrogen-bond acceptors (Lipinski definition) is 2. The topological polar surface area (TPSA) is 24.9 Å². The molecule has 0 saturated carbocycles. The SMILES string of the molecule is CCc1cccnc1C(Cc1cccc(F)c1)NC. The molecular weight excluding hydrogens is 239 g/mol. The van der Waals surface area contributed by atoms with Crippen LogP contribution in [-0.2, 0) is 12.8 Å². The average Bonchev–Trinajstić information content (AvgIpc) is 2.45. The van der Waals surface area contributed by atoms with Gasteiger partial charge in [0.2, 0.25) is 0 Å². The maximum absolute atomic E-state index is 13.2. The second-order valence-corrected chi connectivity index (χ2v) is 4.58. The molecule has 0 saturated heterocycles. The van der Waals surface area contributed by atoms with Gasteiger partial charge in [-0.1, -0.05) is 25.1 Å². The van der Waals surface area contributed by atoms with Crippen molar-refractivity contribution in [2.24, 2.45) is 0 Å². The molecule has 0 bridgehead atoms. The summed E-state index contributed by atoms with van der Waals surface area (Å²) in [5, 5.41) is 3.28. The van der Waals surface area contributed by atoms with Gasteiger partial charge in [-0.2, -0.15) is 0 Å². The number of nitrogens with zero attached hydrogens (tertiary/aromatic N) is 1. The maximum atomic E-state index is 13.2. The molecule has 3 heteroatoms. The smallest absolute Gasteiger partial charge is 0.123 e. The van der Waals surface area contributed by atoms with Gasteiger partial charge >= 0.3 is 0 Å². The van der Waals surface area contributed by atoms with Gasteiger partial charge in [0.15, 0.2) is 0 Å². The van der Waals surface area contributed by atoms with Gasteiger partial charge in [-0.15, -0.1) is 0 Å². The van der Waals surface area contributed by atoms with Crippen LogP contribution in [0.15, 0.2) is 42.6 Å². The quantitative estimate of drug-likeness (QED) is 0.890. The molecule has 1 aromatic carbocycles. The molecule has 1 atom stereocenters. The Labute approximate surface area is 113 Å². The molecule has 0 amide bonds. The van der Waals surface area contributed by atoms with Crippen molar-refractivity contribution in [3.8, 4) is 0 Å². The van der Waals surface area contributed by atoms with Gasteiger partial charge < -0.3 is 5.32 Å². The van der Waals surface area contributed by atoms with E-state index in [0.717, 1.165) is 24.1 Å². The second-order valence-electron chi connectivity index (χ2n) is 4.58. The van der Waals surface area contributed by atoms with Crippen molar-refractivity contribution in [3.63, 3.8) is 0 Å². The average molecular weight is 258 g/mol. The van der Waals surface area contributed by atoms with Crippen LogP contribution >= 0.6 is 0 Å². The molecule has 0 aliphatic heterocycles. The van der Waals surface area contributed by atoms with Crippen LogP contribution < -0.4 is 5.32 Å². The summed E-state index contributed by atoms with van der Waals surface area (Å²) in [4.78, 5) is 4.48. The summed E-state index contributed by atoms with van der Waals surface area (Å²) in [5.41, 5.74) is 3.27. The highest BCUT2D eigenvalue weighted by molar-refractivity contribution is 5.26. The lowest BCUT2D eigenvalue weighted by Crippen LogP contribution is -2.21. The standard InChI is InChI=1S/C16H19FN2/c1-3-13-7-5-9-19-16(13)15(18-2)11-12-6-4-8-14(17)10-12/h4-10,15,18H,3,11H2,1-2H3. The lowest BCUT2D eigenvalue weighted by Gasteiger charge is -2.18. The van der Waals surface area contributed by atoms with Gasteiger partial charge in [0.05, 0.1) is 11.7 Å². The molecule has 0 aliphatic rings. The summed E-state index contributed by atoms with van der Waals surface area (Å²) < 4.78 is 13.2. The summed E-state index contributed by atoms with van der Waals surface area (Å²) in [6.07, 6.45) is 3.49. The molecule has 2 nitrogen and oxygen atoms in total. The zero-order valence-corrected chi connectivity index (χ0v) is 11.4. The van der Waals surface area contributed by atoms with E-state index in [1.807, 2.05) is 25.4 Å². The minimum atomic E-state index is -0.191. The van der Waals surface area contributed by atoms with Gasteiger partial charge in [0, 0.05) is 6.20 Å². The van der Waals surface area contributed by atoms with E-state index >= 15 is 0 Å². The Morgan fingerprint density at radius 3 is 2.79 bits per heavy atom. The third-order valence-corrected chi connectivity index (χ3v) is 3.31. The summed E-state index contributed by atoms with van der Waals surface area (Å²) in [6, 6.07) is 10.9. The molecule has 1 N–H and O–H groups in total. The molecule has 19 heavy (non-hydrogen) atoms. The van der Waals surface area contributed by atoms with Crippen molar-refractivity contribution in [2.45, 2.75) is 25.8 Å². The second kappa shape index (κ2) is 6.43. The van der Waals surface area contributed by atoms with E-state index in [0.29, 0.717) is 0 Å². The van der Waals surface area contributed by atoms with E-state index in [4.69, 9.17) is 0 Å². The number of aryl methyl sites for hydroxylation is 1. The van der Waals surface area contributed by atoms with Crippen molar-refractivity contribution in [3.05, 3.63) is 65.2 Å². The van der Waals surface area contributed by atoms with E-state index < -0.39 is 0 Å². The third-order valence-electron chi connectivity index (χ3n) is 3.31. The number of pyridine rings is 1. The molecule has 2 rings (SSSR count). The van der Waals surface area contributed by atoms with E-state index in [1.54, 1.807) is 12.1 Å². The van der Waals surface area contributed by atoms with Crippen LogP contribution in [0, 0.1) is 5.82 Å². The van der Waals surface area contributed by atoms with Crippen LogP contribution in [0.2, 0.25) is 0 Å². The lowest BCUT2D eigenvalue weighted by molar-refractivity contribution is 0.565. The fraction of sp³-hybridized carbons (Fsp3) is 0.312. The molecule has 100 valence electrons. The van der Waals surface area contributed by atoms with Crippen molar-refractivity contribution in [1.29, 1.82) is 0 Å². The van der Waals surface area contributed by atoms with Crippen LogP contribution in [-0.4, -0.2) is 12.0 Å². The first-order valence-corrected chi connectivity index (χ1v) is 6.60. The lowest BCUT2D eigenvalue weighted by atomic mass is 9.98. The summed E-state index contributed by atoms with van der Waals surface area (Å²) in [5.74, 6) is -0.191. The number of nitrogens with one attached hydrogen (secondary N) is 1. The van der Waals surface area contributed by atoms with E-state index in [9.17, 15) is 4.39 Å². The number of rotatable bonds is 5. The molecule has 1 unspecified atom stereocenters. The van der Waals surface area contributed by atoms with Crippen LogP contribution in [0.5, 0.6) is 0 Å². The Morgan fingerprint density at radius 1 is 1.26 bits per heavy atom. The Bertz CT molecular complexity index is 540. The molecule has 0 spiro atoms. The number of likely N-dealkylation sites (N-methyl/N-ethyl adjacent to an activating group) is 1. The highest BCUT2D eigenvalue weighted by Gasteiger charge is 2.14. The monoisotopic (exact) mass is 258 g/mol. The first-order chi connectivity index (χ1) is 9.24. The number of benzene rings is 1. The Kier molecular flexibility index (Phi) is 4.63. The first-order valence-electron chi connectivity index (χ1n) is 6.60. The molecule has 0 aliphatic carbocycles. The third kappa shape index (κ3) is 3.38. The zero-order chi connectivity index (χ0) is 13.7. The first kappa shape index (κ1) is 13.7. The van der Waals surface area contributed by atoms with Gasteiger partial charge in [-0.3, -0.25) is 4.98 Å². The fourth-order valence-electron chi connectivity index (χ4n) is 2.30. The van der Waals surface area contributed by atoms with Gasteiger partial charge in [-0.05, 0) is 49.2 Å². The summed E-state index contributed by atoms with van der Waals surface area (Å²) in [6.45, 7) is 2.12. The minimum absolute atomic E-state index is 0.109. The normalized spacial score (nSPS) is 12.4. The van der Waals surface area contributed by atoms with E-state index in [-0.39, 0.29) is 11.9 Å². The largest absolute Gasteiger partial charge is 0.311 e. The predicted octanol–water partition coefficient (Wildman–Crippen LogP) is 3.29.